The number of carboxylic acid groups (broad SMARTS) is 1. The van der Waals surface area contributed by atoms with Crippen LogP contribution >= 0.6 is 11.8 Å². The molecule has 0 saturated heterocycles. The van der Waals surface area contributed by atoms with Crippen LogP contribution < -0.4 is 10.1 Å². The van der Waals surface area contributed by atoms with Crippen LogP contribution in [0.3, 0.4) is 0 Å². The van der Waals surface area contributed by atoms with Crippen LogP contribution in [0.1, 0.15) is 11.1 Å². The summed E-state index contributed by atoms with van der Waals surface area (Å²) in [6, 6.07) is 23.9. The summed E-state index contributed by atoms with van der Waals surface area (Å²) < 4.78 is 19.2. The lowest BCUT2D eigenvalue weighted by atomic mass is 10.1. The maximum atomic E-state index is 13.6. The number of hydrogen-bond donors (Lipinski definition) is 2. The number of nitrogens with one attached hydrogen (secondary N) is 1. The number of anilines is 2. The number of aromatic nitrogens is 1. The number of benzene rings is 3. The molecule has 0 aliphatic rings. The molecular weight excluding hydrogens is 463 g/mol. The Hall–Kier alpha value is -4.10. The third-order valence-corrected chi connectivity index (χ3v) is 6.22. The molecule has 0 radical (unpaired) electrons. The van der Waals surface area contributed by atoms with Crippen molar-refractivity contribution in [2.75, 3.05) is 12.4 Å². The van der Waals surface area contributed by atoms with Crippen molar-refractivity contribution < 1.29 is 19.0 Å². The Bertz CT molecular complexity index is 1360. The molecule has 0 unspecified atom stereocenters. The van der Waals surface area contributed by atoms with E-state index in [1.807, 2.05) is 36.4 Å². The maximum absolute atomic E-state index is 13.6. The molecule has 1 heterocycles. The maximum Gasteiger partial charge on any atom is 0.328 e. The van der Waals surface area contributed by atoms with E-state index >= 15 is 0 Å². The van der Waals surface area contributed by atoms with E-state index in [-0.39, 0.29) is 5.82 Å². The van der Waals surface area contributed by atoms with Gasteiger partial charge >= 0.3 is 5.97 Å². The van der Waals surface area contributed by atoms with Crippen LogP contribution in [0.4, 0.5) is 15.8 Å². The van der Waals surface area contributed by atoms with Crippen LogP contribution in [0.15, 0.2) is 96.0 Å². The second-order valence-corrected chi connectivity index (χ2v) is 8.65. The lowest BCUT2D eigenvalue weighted by molar-refractivity contribution is -0.131. The number of hydrogen-bond acceptors (Lipinski definition) is 5. The molecule has 2 N–H and O–H groups in total. The number of methoxy groups -OCH3 is 1. The standard InChI is InChI=1S/C28H23FN2O3S/c1-34-27-16-25(20-8-5-9-22(29)14-20)30-17-26(27)31-24-12-11-23(15-21(24)10-13-28(32)33)35-18-19-6-3-2-4-7-19/h2-17,31H,18H2,1H3,(H,32,33)/b13-10+. The van der Waals surface area contributed by atoms with E-state index in [1.54, 1.807) is 49.3 Å². The van der Waals surface area contributed by atoms with Crippen LogP contribution in [0.5, 0.6) is 5.75 Å². The predicted octanol–water partition coefficient (Wildman–Crippen LogP) is 7.03. The van der Waals surface area contributed by atoms with E-state index in [9.17, 15) is 9.18 Å². The number of aliphatic carboxylic acids is 1. The third kappa shape index (κ3) is 6.49. The monoisotopic (exact) mass is 486 g/mol. The minimum absolute atomic E-state index is 0.342. The van der Waals surface area contributed by atoms with Gasteiger partial charge in [0.25, 0.3) is 0 Å². The summed E-state index contributed by atoms with van der Waals surface area (Å²) in [5.41, 5.74) is 4.43. The van der Waals surface area contributed by atoms with E-state index in [2.05, 4.69) is 22.4 Å². The molecule has 0 fully saturated rings. The lowest BCUT2D eigenvalue weighted by Crippen LogP contribution is -1.99. The molecule has 4 aromatic rings. The SMILES string of the molecule is COc1cc(-c2cccc(F)c2)ncc1Nc1ccc(SCc2ccccc2)cc1/C=C/C(=O)O. The van der Waals surface area contributed by atoms with E-state index in [0.717, 1.165) is 16.7 Å². The first-order chi connectivity index (χ1) is 17.0. The Kier molecular flexibility index (Phi) is 7.80. The van der Waals surface area contributed by atoms with Crippen molar-refractivity contribution in [2.45, 2.75) is 10.6 Å². The normalized spacial score (nSPS) is 10.9. The minimum Gasteiger partial charge on any atom is -0.494 e. The van der Waals surface area contributed by atoms with Gasteiger partial charge in [-0.25, -0.2) is 9.18 Å². The third-order valence-electron chi connectivity index (χ3n) is 5.15. The minimum atomic E-state index is -1.03. The summed E-state index contributed by atoms with van der Waals surface area (Å²) in [6.45, 7) is 0. The number of carbonyl (C=O) groups is 1. The van der Waals surface area contributed by atoms with Gasteiger partial charge in [0, 0.05) is 34.0 Å². The summed E-state index contributed by atoms with van der Waals surface area (Å²) in [5, 5.41) is 12.4. The molecule has 0 aliphatic heterocycles. The van der Waals surface area contributed by atoms with Crippen molar-refractivity contribution in [3.63, 3.8) is 0 Å². The zero-order valence-electron chi connectivity index (χ0n) is 18.9. The number of rotatable bonds is 9. The van der Waals surface area contributed by atoms with Gasteiger partial charge in [-0.15, -0.1) is 11.8 Å². The Morgan fingerprint density at radius 3 is 2.63 bits per heavy atom. The molecule has 1 aromatic heterocycles. The van der Waals surface area contributed by atoms with Gasteiger partial charge in [0.15, 0.2) is 0 Å². The molecule has 176 valence electrons. The fourth-order valence-corrected chi connectivity index (χ4v) is 4.34. The lowest BCUT2D eigenvalue weighted by Gasteiger charge is -2.15. The summed E-state index contributed by atoms with van der Waals surface area (Å²) in [6.07, 6.45) is 4.27. The number of nitrogens with zero attached hydrogens (tertiary/aromatic N) is 1. The number of ether oxygens (including phenoxy) is 1. The second-order valence-electron chi connectivity index (χ2n) is 7.60. The molecule has 3 aromatic carbocycles. The van der Waals surface area contributed by atoms with E-state index in [0.29, 0.717) is 33.9 Å². The van der Waals surface area contributed by atoms with Crippen LogP contribution in [0, 0.1) is 5.82 Å². The van der Waals surface area contributed by atoms with Crippen molar-refractivity contribution in [2.24, 2.45) is 0 Å². The van der Waals surface area contributed by atoms with E-state index in [4.69, 9.17) is 9.84 Å². The van der Waals surface area contributed by atoms with Gasteiger partial charge in [0.05, 0.1) is 24.7 Å². The highest BCUT2D eigenvalue weighted by atomic mass is 32.2. The Morgan fingerprint density at radius 2 is 1.89 bits per heavy atom. The van der Waals surface area contributed by atoms with Crippen LogP contribution in [0.25, 0.3) is 17.3 Å². The van der Waals surface area contributed by atoms with Crippen molar-refractivity contribution in [1.82, 2.24) is 4.98 Å². The van der Waals surface area contributed by atoms with Crippen molar-refractivity contribution in [3.05, 3.63) is 108 Å². The van der Waals surface area contributed by atoms with Gasteiger partial charge < -0.3 is 15.2 Å². The molecule has 0 spiro atoms. The Balaban J connectivity index is 1.61. The van der Waals surface area contributed by atoms with Gasteiger partial charge in [-0.3, -0.25) is 4.98 Å². The van der Waals surface area contributed by atoms with E-state index in [1.165, 1.54) is 17.7 Å². The molecule has 0 atom stereocenters. The largest absolute Gasteiger partial charge is 0.494 e. The average Bonchev–Trinajstić information content (AvgIpc) is 2.88. The first-order valence-corrected chi connectivity index (χ1v) is 11.8. The topological polar surface area (TPSA) is 71.5 Å². The number of halogens is 1. The summed E-state index contributed by atoms with van der Waals surface area (Å²) >= 11 is 1.67. The molecule has 0 amide bonds. The molecule has 35 heavy (non-hydrogen) atoms. The zero-order valence-corrected chi connectivity index (χ0v) is 19.8. The molecule has 5 nitrogen and oxygen atoms in total. The highest BCUT2D eigenvalue weighted by Gasteiger charge is 2.11. The fraction of sp³-hybridized carbons (Fsp3) is 0.0714. The molecule has 7 heteroatoms. The number of pyridine rings is 1. The van der Waals surface area contributed by atoms with Crippen molar-refractivity contribution in [3.8, 4) is 17.0 Å². The van der Waals surface area contributed by atoms with Gasteiger partial charge in [-0.2, -0.15) is 0 Å². The van der Waals surface area contributed by atoms with Gasteiger partial charge in [-0.1, -0.05) is 42.5 Å². The van der Waals surface area contributed by atoms with Gasteiger partial charge in [-0.05, 0) is 47.5 Å². The quantitative estimate of drug-likeness (QED) is 0.195. The zero-order chi connectivity index (χ0) is 24.6. The second kappa shape index (κ2) is 11.4. The first-order valence-electron chi connectivity index (χ1n) is 10.8. The number of thioether (sulfide) groups is 1. The molecule has 0 aliphatic carbocycles. The Morgan fingerprint density at radius 1 is 1.06 bits per heavy atom. The molecule has 0 bridgehead atoms. The van der Waals surface area contributed by atoms with E-state index < -0.39 is 5.97 Å². The summed E-state index contributed by atoms with van der Waals surface area (Å²) in [4.78, 5) is 16.6. The van der Waals surface area contributed by atoms with Crippen LogP contribution in [0.2, 0.25) is 0 Å². The average molecular weight is 487 g/mol. The summed E-state index contributed by atoms with van der Waals surface area (Å²) in [7, 11) is 1.55. The van der Waals surface area contributed by atoms with Crippen LogP contribution in [-0.2, 0) is 10.5 Å². The first kappa shape index (κ1) is 24.0. The number of carboxylic acids is 1. The highest BCUT2D eigenvalue weighted by molar-refractivity contribution is 7.98. The van der Waals surface area contributed by atoms with Gasteiger partial charge in [0.1, 0.15) is 11.6 Å². The smallest absolute Gasteiger partial charge is 0.328 e. The highest BCUT2D eigenvalue weighted by Crippen LogP contribution is 2.34. The molecule has 4 rings (SSSR count). The molecular formula is C28H23FN2O3S. The predicted molar refractivity (Wildman–Crippen MR) is 139 cm³/mol. The Labute approximate surface area is 207 Å². The van der Waals surface area contributed by atoms with Crippen molar-refractivity contribution >= 4 is 35.2 Å². The molecule has 0 saturated carbocycles. The summed E-state index contributed by atoms with van der Waals surface area (Å²) in [5.74, 6) is -0.0490. The van der Waals surface area contributed by atoms with Crippen molar-refractivity contribution in [1.29, 1.82) is 0 Å². The fourth-order valence-electron chi connectivity index (χ4n) is 3.43. The van der Waals surface area contributed by atoms with Crippen LogP contribution in [-0.4, -0.2) is 23.2 Å². The van der Waals surface area contributed by atoms with Gasteiger partial charge in [0.2, 0.25) is 0 Å².